The van der Waals surface area contributed by atoms with Crippen LogP contribution in [-0.2, 0) is 6.54 Å². The van der Waals surface area contributed by atoms with E-state index >= 15 is 0 Å². The molecule has 0 aliphatic carbocycles. The zero-order chi connectivity index (χ0) is 15.2. The van der Waals surface area contributed by atoms with Gasteiger partial charge in [0.15, 0.2) is 0 Å². The molecule has 0 radical (unpaired) electrons. The third kappa shape index (κ3) is 4.38. The molecule has 0 saturated heterocycles. The predicted octanol–water partition coefficient (Wildman–Crippen LogP) is 4.87. The van der Waals surface area contributed by atoms with Gasteiger partial charge in [0.2, 0.25) is 0 Å². The molecule has 0 unspecified atom stereocenters. The van der Waals surface area contributed by atoms with Crippen molar-refractivity contribution in [3.8, 4) is 18.1 Å². The minimum absolute atomic E-state index is 0.190. The van der Waals surface area contributed by atoms with Gasteiger partial charge in [0.05, 0.1) is 10.7 Å². The Hall–Kier alpha value is -1.70. The van der Waals surface area contributed by atoms with Crippen LogP contribution in [0.1, 0.15) is 5.56 Å². The van der Waals surface area contributed by atoms with E-state index in [1.54, 1.807) is 0 Å². The highest BCUT2D eigenvalue weighted by molar-refractivity contribution is 9.10. The molecule has 1 N–H and O–H groups in total. The van der Waals surface area contributed by atoms with Crippen LogP contribution in [0.2, 0.25) is 5.02 Å². The van der Waals surface area contributed by atoms with E-state index in [1.807, 2.05) is 18.2 Å². The summed E-state index contributed by atoms with van der Waals surface area (Å²) in [5, 5.41) is 3.55. The first kappa shape index (κ1) is 15.7. The van der Waals surface area contributed by atoms with Crippen LogP contribution in [0.15, 0.2) is 40.9 Å². The Morgan fingerprint density at radius 3 is 2.86 bits per heavy atom. The van der Waals surface area contributed by atoms with E-state index in [0.29, 0.717) is 23.0 Å². The van der Waals surface area contributed by atoms with Crippen LogP contribution in [0.25, 0.3) is 0 Å². The van der Waals surface area contributed by atoms with Gasteiger partial charge < -0.3 is 10.1 Å². The molecule has 0 saturated carbocycles. The largest absolute Gasteiger partial charge is 0.481 e. The second kappa shape index (κ2) is 7.35. The molecule has 0 amide bonds. The van der Waals surface area contributed by atoms with Gasteiger partial charge in [-0.15, -0.1) is 6.42 Å². The maximum absolute atomic E-state index is 13.2. The number of hydrogen-bond donors (Lipinski definition) is 1. The minimum atomic E-state index is -0.347. The Bertz CT molecular complexity index is 684. The Labute approximate surface area is 136 Å². The smallest absolute Gasteiger partial charge is 0.148 e. The molecule has 108 valence electrons. The van der Waals surface area contributed by atoms with Crippen LogP contribution < -0.4 is 10.1 Å². The maximum Gasteiger partial charge on any atom is 0.148 e. The molecule has 0 fully saturated rings. The fourth-order valence-corrected chi connectivity index (χ4v) is 2.36. The van der Waals surface area contributed by atoms with E-state index < -0.39 is 0 Å². The van der Waals surface area contributed by atoms with Gasteiger partial charge in [-0.05, 0) is 36.4 Å². The van der Waals surface area contributed by atoms with Gasteiger partial charge in [0, 0.05) is 16.6 Å². The zero-order valence-electron chi connectivity index (χ0n) is 11.0. The molecule has 0 bridgehead atoms. The van der Waals surface area contributed by atoms with Gasteiger partial charge in [0.1, 0.15) is 18.2 Å². The van der Waals surface area contributed by atoms with Crippen molar-refractivity contribution in [2.45, 2.75) is 6.54 Å². The second-order valence-electron chi connectivity index (χ2n) is 4.22. The highest BCUT2D eigenvalue weighted by Gasteiger charge is 2.07. The first-order chi connectivity index (χ1) is 10.1. The summed E-state index contributed by atoms with van der Waals surface area (Å²) in [6, 6.07) is 9.77. The molecule has 0 atom stereocenters. The molecule has 0 heterocycles. The highest BCUT2D eigenvalue weighted by atomic mass is 79.9. The number of nitrogens with one attached hydrogen (secondary N) is 1. The fourth-order valence-electron chi connectivity index (χ4n) is 1.77. The van der Waals surface area contributed by atoms with Gasteiger partial charge in [0.25, 0.3) is 0 Å². The van der Waals surface area contributed by atoms with E-state index in [0.717, 1.165) is 10.0 Å². The number of hydrogen-bond acceptors (Lipinski definition) is 2. The van der Waals surface area contributed by atoms with Crippen molar-refractivity contribution >= 4 is 33.2 Å². The second-order valence-corrected chi connectivity index (χ2v) is 5.55. The van der Waals surface area contributed by atoms with Crippen LogP contribution in [0.5, 0.6) is 5.75 Å². The summed E-state index contributed by atoms with van der Waals surface area (Å²) >= 11 is 9.43. The van der Waals surface area contributed by atoms with Gasteiger partial charge in [-0.2, -0.15) is 0 Å². The fraction of sp³-hybridized carbons (Fsp3) is 0.125. The molecular weight excluding hydrogens is 357 g/mol. The number of ether oxygens (including phenoxy) is 1. The summed E-state index contributed by atoms with van der Waals surface area (Å²) in [5.41, 5.74) is 1.42. The van der Waals surface area contributed by atoms with Crippen molar-refractivity contribution in [2.24, 2.45) is 0 Å². The molecule has 2 aromatic rings. The normalized spacial score (nSPS) is 10.0. The van der Waals surface area contributed by atoms with Gasteiger partial charge >= 0.3 is 0 Å². The molecule has 2 aromatic carbocycles. The average Bonchev–Trinajstić information content (AvgIpc) is 2.47. The standard InChI is InChI=1S/C16H12BrClFNO/c1-2-7-21-16-6-3-12(17)8-11(16)10-20-15-9-13(19)4-5-14(15)18/h1,3-6,8-9,20H,7,10H2. The topological polar surface area (TPSA) is 21.3 Å². The number of halogens is 3. The number of benzene rings is 2. The Kier molecular flexibility index (Phi) is 5.49. The quantitative estimate of drug-likeness (QED) is 0.761. The van der Waals surface area contributed by atoms with Crippen LogP contribution in [0.3, 0.4) is 0 Å². The van der Waals surface area contributed by atoms with Crippen molar-refractivity contribution in [3.63, 3.8) is 0 Å². The molecular formula is C16H12BrClFNO. The number of anilines is 1. The van der Waals surface area contributed by atoms with Crippen LogP contribution in [0, 0.1) is 18.2 Å². The van der Waals surface area contributed by atoms with E-state index in [4.69, 9.17) is 22.8 Å². The zero-order valence-corrected chi connectivity index (χ0v) is 13.3. The average molecular weight is 369 g/mol. The van der Waals surface area contributed by atoms with Gasteiger partial charge in [-0.3, -0.25) is 0 Å². The summed E-state index contributed by atoms with van der Waals surface area (Å²) in [5.74, 6) is 2.75. The SMILES string of the molecule is C#CCOc1ccc(Br)cc1CNc1cc(F)ccc1Cl. The molecule has 21 heavy (non-hydrogen) atoms. The third-order valence-electron chi connectivity index (χ3n) is 2.73. The summed E-state index contributed by atoms with van der Waals surface area (Å²) < 4.78 is 19.6. The third-order valence-corrected chi connectivity index (χ3v) is 3.55. The van der Waals surface area contributed by atoms with E-state index in [9.17, 15) is 4.39 Å². The summed E-state index contributed by atoms with van der Waals surface area (Å²) in [4.78, 5) is 0. The monoisotopic (exact) mass is 367 g/mol. The first-order valence-electron chi connectivity index (χ1n) is 6.14. The van der Waals surface area contributed by atoms with E-state index in [1.165, 1.54) is 18.2 Å². The lowest BCUT2D eigenvalue weighted by Crippen LogP contribution is -2.04. The van der Waals surface area contributed by atoms with Crippen molar-refractivity contribution in [1.29, 1.82) is 0 Å². The Morgan fingerprint density at radius 2 is 2.10 bits per heavy atom. The molecule has 0 aromatic heterocycles. The lowest BCUT2D eigenvalue weighted by molar-refractivity contribution is 0.366. The Morgan fingerprint density at radius 1 is 1.29 bits per heavy atom. The van der Waals surface area contributed by atoms with Gasteiger partial charge in [-0.1, -0.05) is 33.5 Å². The molecule has 2 nitrogen and oxygen atoms in total. The highest BCUT2D eigenvalue weighted by Crippen LogP contribution is 2.27. The molecule has 0 aliphatic rings. The Balaban J connectivity index is 2.17. The maximum atomic E-state index is 13.2. The summed E-state index contributed by atoms with van der Waals surface area (Å²) in [6.45, 7) is 0.623. The predicted molar refractivity (Wildman–Crippen MR) is 87.2 cm³/mol. The number of terminal acetylenes is 1. The minimum Gasteiger partial charge on any atom is -0.481 e. The van der Waals surface area contributed by atoms with Crippen molar-refractivity contribution < 1.29 is 9.13 Å². The molecule has 0 aliphatic heterocycles. The van der Waals surface area contributed by atoms with Crippen LogP contribution in [-0.4, -0.2) is 6.61 Å². The summed E-state index contributed by atoms with van der Waals surface area (Å²) in [6.07, 6.45) is 5.20. The number of rotatable bonds is 5. The van der Waals surface area contributed by atoms with Gasteiger partial charge in [-0.25, -0.2) is 4.39 Å². The van der Waals surface area contributed by atoms with Crippen LogP contribution >= 0.6 is 27.5 Å². The van der Waals surface area contributed by atoms with Crippen LogP contribution in [0.4, 0.5) is 10.1 Å². The van der Waals surface area contributed by atoms with Crippen molar-refractivity contribution in [3.05, 3.63) is 57.3 Å². The first-order valence-corrected chi connectivity index (χ1v) is 7.31. The summed E-state index contributed by atoms with van der Waals surface area (Å²) in [7, 11) is 0. The van der Waals surface area contributed by atoms with Crippen molar-refractivity contribution in [2.75, 3.05) is 11.9 Å². The van der Waals surface area contributed by atoms with E-state index in [2.05, 4.69) is 27.2 Å². The molecule has 2 rings (SSSR count). The lowest BCUT2D eigenvalue weighted by Gasteiger charge is -2.13. The van der Waals surface area contributed by atoms with Crippen molar-refractivity contribution in [1.82, 2.24) is 0 Å². The molecule has 5 heteroatoms. The van der Waals surface area contributed by atoms with E-state index in [-0.39, 0.29) is 12.4 Å². The molecule has 0 spiro atoms. The lowest BCUT2D eigenvalue weighted by atomic mass is 10.2.